The van der Waals surface area contributed by atoms with Crippen LogP contribution in [0.5, 0.6) is 0 Å². The van der Waals surface area contributed by atoms with E-state index >= 15 is 0 Å². The highest BCUT2D eigenvalue weighted by Crippen LogP contribution is 2.14. The Balaban J connectivity index is 2.12. The molecule has 1 aliphatic heterocycles. The highest BCUT2D eigenvalue weighted by molar-refractivity contribution is 6.01. The largest absolute Gasteiger partial charge is 0.390 e. The Bertz CT molecular complexity index is 310. The van der Waals surface area contributed by atoms with E-state index in [0.29, 0.717) is 6.54 Å². The van der Waals surface area contributed by atoms with Crippen molar-refractivity contribution in [1.29, 1.82) is 0 Å². The normalized spacial score (nSPS) is 21.0. The van der Waals surface area contributed by atoms with E-state index in [0.717, 1.165) is 17.7 Å². The average Bonchev–Trinajstić information content (AvgIpc) is 2.67. The molecule has 2 heterocycles. The predicted molar refractivity (Wildman–Crippen MR) is 49.3 cm³/mol. The topological polar surface area (TPSA) is 60.5 Å². The molecule has 68 valence electrons. The molecule has 4 nitrogen and oxygen atoms in total. The molecule has 0 amide bonds. The van der Waals surface area contributed by atoms with Gasteiger partial charge in [0.15, 0.2) is 0 Å². The standard InChI is InChI=1S/C9H11N3O/c10-6-8-5-9(12-13-8)7-1-3-11-4-2-7/h1-4,8H,5-6,10H2. The number of hydrogen-bond acceptors (Lipinski definition) is 4. The van der Waals surface area contributed by atoms with Gasteiger partial charge >= 0.3 is 0 Å². The summed E-state index contributed by atoms with van der Waals surface area (Å²) in [7, 11) is 0. The third-order valence-corrected chi connectivity index (χ3v) is 2.01. The second kappa shape index (κ2) is 3.53. The average molecular weight is 177 g/mol. The maximum atomic E-state index is 5.46. The molecule has 2 rings (SSSR count). The van der Waals surface area contributed by atoms with E-state index in [9.17, 15) is 0 Å². The van der Waals surface area contributed by atoms with Crippen LogP contribution in [0.3, 0.4) is 0 Å². The van der Waals surface area contributed by atoms with Crippen LogP contribution in [0.4, 0.5) is 0 Å². The zero-order valence-electron chi connectivity index (χ0n) is 7.18. The van der Waals surface area contributed by atoms with Crippen LogP contribution in [0.2, 0.25) is 0 Å². The maximum absolute atomic E-state index is 5.46. The number of nitrogens with two attached hydrogens (primary N) is 1. The molecule has 1 aromatic heterocycles. The number of oxime groups is 1. The van der Waals surface area contributed by atoms with Gasteiger partial charge < -0.3 is 10.6 Å². The Hall–Kier alpha value is -1.42. The first-order valence-corrected chi connectivity index (χ1v) is 4.23. The minimum Gasteiger partial charge on any atom is -0.390 e. The fraction of sp³-hybridized carbons (Fsp3) is 0.333. The van der Waals surface area contributed by atoms with Crippen molar-refractivity contribution >= 4 is 5.71 Å². The van der Waals surface area contributed by atoms with E-state index in [-0.39, 0.29) is 6.10 Å². The van der Waals surface area contributed by atoms with Gasteiger partial charge in [-0.05, 0) is 12.1 Å². The van der Waals surface area contributed by atoms with Crippen LogP contribution >= 0.6 is 0 Å². The summed E-state index contributed by atoms with van der Waals surface area (Å²) >= 11 is 0. The lowest BCUT2D eigenvalue weighted by Crippen LogP contribution is -2.20. The van der Waals surface area contributed by atoms with E-state index < -0.39 is 0 Å². The summed E-state index contributed by atoms with van der Waals surface area (Å²) < 4.78 is 0. The van der Waals surface area contributed by atoms with Gasteiger partial charge in [0, 0.05) is 30.9 Å². The van der Waals surface area contributed by atoms with E-state index in [1.54, 1.807) is 12.4 Å². The zero-order valence-corrected chi connectivity index (χ0v) is 7.18. The number of rotatable bonds is 2. The van der Waals surface area contributed by atoms with E-state index in [1.165, 1.54) is 0 Å². The van der Waals surface area contributed by atoms with Gasteiger partial charge in [0.25, 0.3) is 0 Å². The molecule has 13 heavy (non-hydrogen) atoms. The lowest BCUT2D eigenvalue weighted by Gasteiger charge is -2.01. The molecule has 0 aliphatic carbocycles. The summed E-state index contributed by atoms with van der Waals surface area (Å²) in [6, 6.07) is 3.84. The quantitative estimate of drug-likeness (QED) is 0.717. The summed E-state index contributed by atoms with van der Waals surface area (Å²) in [6.45, 7) is 0.512. The Morgan fingerprint density at radius 2 is 2.23 bits per heavy atom. The molecule has 0 saturated heterocycles. The number of pyridine rings is 1. The van der Waals surface area contributed by atoms with Gasteiger partial charge in [0.2, 0.25) is 0 Å². The van der Waals surface area contributed by atoms with Crippen LogP contribution in [0.15, 0.2) is 29.7 Å². The molecule has 1 aromatic rings. The van der Waals surface area contributed by atoms with Gasteiger partial charge in [0.05, 0.1) is 5.71 Å². The zero-order chi connectivity index (χ0) is 9.10. The van der Waals surface area contributed by atoms with E-state index in [2.05, 4.69) is 10.1 Å². The van der Waals surface area contributed by atoms with Crippen molar-refractivity contribution in [3.63, 3.8) is 0 Å². The van der Waals surface area contributed by atoms with Crippen molar-refractivity contribution in [2.45, 2.75) is 12.5 Å². The first kappa shape index (κ1) is 8.19. The smallest absolute Gasteiger partial charge is 0.145 e. The fourth-order valence-electron chi connectivity index (χ4n) is 1.27. The fourth-order valence-corrected chi connectivity index (χ4v) is 1.27. The minimum absolute atomic E-state index is 0.0446. The number of nitrogens with zero attached hydrogens (tertiary/aromatic N) is 2. The first-order valence-electron chi connectivity index (χ1n) is 4.23. The van der Waals surface area contributed by atoms with Crippen LogP contribution < -0.4 is 5.73 Å². The molecule has 1 aliphatic rings. The monoisotopic (exact) mass is 177 g/mol. The molecule has 1 atom stereocenters. The van der Waals surface area contributed by atoms with Crippen LogP contribution in [-0.2, 0) is 4.84 Å². The van der Waals surface area contributed by atoms with Crippen molar-refractivity contribution < 1.29 is 4.84 Å². The Morgan fingerprint density at radius 1 is 1.46 bits per heavy atom. The number of aromatic nitrogens is 1. The molecule has 2 N–H and O–H groups in total. The Kier molecular flexibility index (Phi) is 2.23. The van der Waals surface area contributed by atoms with Crippen molar-refractivity contribution in [2.75, 3.05) is 6.54 Å². The molecular weight excluding hydrogens is 166 g/mol. The van der Waals surface area contributed by atoms with E-state index in [1.807, 2.05) is 12.1 Å². The lowest BCUT2D eigenvalue weighted by molar-refractivity contribution is 0.0918. The molecule has 4 heteroatoms. The third kappa shape index (κ3) is 1.67. The first-order chi connectivity index (χ1) is 6.40. The Morgan fingerprint density at radius 3 is 2.85 bits per heavy atom. The van der Waals surface area contributed by atoms with Crippen molar-refractivity contribution in [3.8, 4) is 0 Å². The summed E-state index contributed by atoms with van der Waals surface area (Å²) in [4.78, 5) is 9.05. The van der Waals surface area contributed by atoms with Crippen LogP contribution in [-0.4, -0.2) is 23.3 Å². The highest BCUT2D eigenvalue weighted by atomic mass is 16.6. The van der Waals surface area contributed by atoms with Crippen LogP contribution in [0.25, 0.3) is 0 Å². The van der Waals surface area contributed by atoms with E-state index in [4.69, 9.17) is 10.6 Å². The molecule has 0 spiro atoms. The molecule has 0 radical (unpaired) electrons. The van der Waals surface area contributed by atoms with Gasteiger partial charge in [-0.15, -0.1) is 0 Å². The second-order valence-corrected chi connectivity index (χ2v) is 2.94. The Labute approximate surface area is 76.4 Å². The minimum atomic E-state index is 0.0446. The molecule has 0 fully saturated rings. The lowest BCUT2D eigenvalue weighted by atomic mass is 10.1. The van der Waals surface area contributed by atoms with Gasteiger partial charge in [-0.3, -0.25) is 4.98 Å². The summed E-state index contributed by atoms with van der Waals surface area (Å²) in [5.74, 6) is 0. The van der Waals surface area contributed by atoms with Crippen LogP contribution in [0.1, 0.15) is 12.0 Å². The van der Waals surface area contributed by atoms with Gasteiger partial charge in [-0.1, -0.05) is 5.16 Å². The number of hydrogen-bond donors (Lipinski definition) is 1. The molecule has 0 aromatic carbocycles. The van der Waals surface area contributed by atoms with Gasteiger partial charge in [-0.25, -0.2) is 0 Å². The predicted octanol–water partition coefficient (Wildman–Crippen LogP) is 0.533. The molecule has 1 unspecified atom stereocenters. The summed E-state index contributed by atoms with van der Waals surface area (Å²) in [5, 5.41) is 3.97. The summed E-state index contributed by atoms with van der Waals surface area (Å²) in [6.07, 6.45) is 4.32. The maximum Gasteiger partial charge on any atom is 0.145 e. The van der Waals surface area contributed by atoms with Crippen molar-refractivity contribution in [3.05, 3.63) is 30.1 Å². The SMILES string of the molecule is NCC1CC(c2ccncc2)=NO1. The molecule has 0 saturated carbocycles. The van der Waals surface area contributed by atoms with Crippen LogP contribution in [0, 0.1) is 0 Å². The van der Waals surface area contributed by atoms with Gasteiger partial charge in [0.1, 0.15) is 6.10 Å². The summed E-state index contributed by atoms with van der Waals surface area (Å²) in [5.41, 5.74) is 7.48. The van der Waals surface area contributed by atoms with Gasteiger partial charge in [-0.2, -0.15) is 0 Å². The molecule has 0 bridgehead atoms. The third-order valence-electron chi connectivity index (χ3n) is 2.01. The van der Waals surface area contributed by atoms with Crippen molar-refractivity contribution in [1.82, 2.24) is 4.98 Å². The van der Waals surface area contributed by atoms with Crippen molar-refractivity contribution in [2.24, 2.45) is 10.9 Å². The second-order valence-electron chi connectivity index (χ2n) is 2.94. The highest BCUT2D eigenvalue weighted by Gasteiger charge is 2.20. The molecular formula is C9H11N3O.